The van der Waals surface area contributed by atoms with Crippen molar-refractivity contribution in [2.24, 2.45) is 17.3 Å². The Morgan fingerprint density at radius 2 is 1.77 bits per heavy atom. The second-order valence-electron chi connectivity index (χ2n) is 9.52. The highest BCUT2D eigenvalue weighted by Gasteiger charge is 2.60. The van der Waals surface area contributed by atoms with Gasteiger partial charge in [-0.2, -0.15) is 13.2 Å². The van der Waals surface area contributed by atoms with E-state index in [0.717, 1.165) is 50.3 Å². The summed E-state index contributed by atoms with van der Waals surface area (Å²) in [6, 6.07) is 2.65. The molecule has 1 aliphatic carbocycles. The molecule has 168 valence electrons. The fraction of sp³-hybridized carbons (Fsp3) is 0.773. The van der Waals surface area contributed by atoms with Crippen molar-refractivity contribution in [3.63, 3.8) is 0 Å². The van der Waals surface area contributed by atoms with Crippen molar-refractivity contribution in [3.05, 3.63) is 23.5 Å². The summed E-state index contributed by atoms with van der Waals surface area (Å²) in [6.07, 6.45) is -1.98. The van der Waals surface area contributed by atoms with E-state index in [9.17, 15) is 13.2 Å². The number of halogens is 3. The number of rotatable bonds is 4. The van der Waals surface area contributed by atoms with Crippen LogP contribution >= 0.6 is 11.9 Å². The van der Waals surface area contributed by atoms with Crippen molar-refractivity contribution < 1.29 is 17.9 Å². The molecule has 1 saturated carbocycles. The van der Waals surface area contributed by atoms with Gasteiger partial charge in [0.25, 0.3) is 0 Å². The Morgan fingerprint density at radius 3 is 2.27 bits per heavy atom. The quantitative estimate of drug-likeness (QED) is 0.619. The Balaban J connectivity index is 0.00000106. The molecule has 2 bridgehead atoms. The largest absolute Gasteiger partial charge is 0.433 e. The standard InChI is InChI=1S/C20H26F3N3OS.C2H6/c1-13-16(3-4-17(24-13)20(21,22)23)28-26-7-14-5-25(6-15(14)8-26)11-19-9-18(2,10-19)27-12-19;1-2/h3-4,14-15H,5-12H2,1-2H3;1-2H3. The highest BCUT2D eigenvalue weighted by atomic mass is 32.2. The zero-order valence-corrected chi connectivity index (χ0v) is 19.1. The van der Waals surface area contributed by atoms with Crippen LogP contribution in [0.1, 0.15) is 45.0 Å². The summed E-state index contributed by atoms with van der Waals surface area (Å²) in [6.45, 7) is 14.2. The molecule has 1 aromatic heterocycles. The third-order valence-corrected chi connectivity index (χ3v) is 8.05. The van der Waals surface area contributed by atoms with Gasteiger partial charge in [0.15, 0.2) is 0 Å². The number of ether oxygens (including phenoxy) is 1. The van der Waals surface area contributed by atoms with Crippen molar-refractivity contribution in [1.29, 1.82) is 0 Å². The average molecular weight is 444 g/mol. The predicted octanol–water partition coefficient (Wildman–Crippen LogP) is 4.87. The Morgan fingerprint density at radius 1 is 1.13 bits per heavy atom. The molecular formula is C22H32F3N3OS. The monoisotopic (exact) mass is 443 g/mol. The molecule has 2 unspecified atom stereocenters. The number of aromatic nitrogens is 1. The number of likely N-dealkylation sites (tertiary alicyclic amines) is 1. The molecule has 4 aliphatic heterocycles. The lowest BCUT2D eigenvalue weighted by Crippen LogP contribution is -2.48. The Labute approximate surface area is 181 Å². The number of nitrogens with zero attached hydrogens (tertiary/aromatic N) is 3. The molecule has 5 heterocycles. The van der Waals surface area contributed by atoms with Gasteiger partial charge >= 0.3 is 6.18 Å². The lowest BCUT2D eigenvalue weighted by Gasteiger charge is -2.44. The minimum absolute atomic E-state index is 0.149. The molecule has 8 heteroatoms. The van der Waals surface area contributed by atoms with Gasteiger partial charge in [-0.05, 0) is 62.6 Å². The molecule has 2 atom stereocenters. The van der Waals surface area contributed by atoms with Gasteiger partial charge < -0.3 is 9.64 Å². The Hall–Kier alpha value is -0.830. The fourth-order valence-electron chi connectivity index (χ4n) is 5.89. The van der Waals surface area contributed by atoms with Crippen molar-refractivity contribution in [2.45, 2.75) is 57.2 Å². The maximum atomic E-state index is 12.8. The maximum Gasteiger partial charge on any atom is 0.433 e. The van der Waals surface area contributed by atoms with Gasteiger partial charge in [0.2, 0.25) is 0 Å². The molecule has 5 aliphatic rings. The molecule has 0 amide bonds. The minimum Gasteiger partial charge on any atom is -0.375 e. The zero-order valence-electron chi connectivity index (χ0n) is 18.3. The van der Waals surface area contributed by atoms with Gasteiger partial charge in [-0.3, -0.25) is 0 Å². The Kier molecular flexibility index (Phi) is 5.92. The molecule has 4 saturated heterocycles. The first kappa shape index (κ1) is 22.4. The summed E-state index contributed by atoms with van der Waals surface area (Å²) in [5.41, 5.74) is 0.180. The predicted molar refractivity (Wildman–Crippen MR) is 112 cm³/mol. The van der Waals surface area contributed by atoms with Crippen LogP contribution in [0.25, 0.3) is 0 Å². The van der Waals surface area contributed by atoms with E-state index >= 15 is 0 Å². The summed E-state index contributed by atoms with van der Waals surface area (Å²) >= 11 is 1.56. The van der Waals surface area contributed by atoms with Crippen LogP contribution in [0.2, 0.25) is 0 Å². The minimum atomic E-state index is -4.39. The highest BCUT2D eigenvalue weighted by molar-refractivity contribution is 7.97. The van der Waals surface area contributed by atoms with Gasteiger partial charge in [-0.1, -0.05) is 13.8 Å². The van der Waals surface area contributed by atoms with E-state index < -0.39 is 11.9 Å². The first-order chi connectivity index (χ1) is 14.1. The third kappa shape index (κ3) is 4.25. The molecule has 1 aromatic rings. The topological polar surface area (TPSA) is 28.6 Å². The molecule has 6 rings (SSSR count). The summed E-state index contributed by atoms with van der Waals surface area (Å²) in [7, 11) is 0. The molecule has 4 nitrogen and oxygen atoms in total. The van der Waals surface area contributed by atoms with Crippen LogP contribution < -0.4 is 0 Å². The van der Waals surface area contributed by atoms with E-state index in [2.05, 4.69) is 21.1 Å². The van der Waals surface area contributed by atoms with Crippen LogP contribution in [-0.2, 0) is 10.9 Å². The number of hydrogen-bond acceptors (Lipinski definition) is 5. The van der Waals surface area contributed by atoms with Crippen molar-refractivity contribution in [2.75, 3.05) is 39.3 Å². The van der Waals surface area contributed by atoms with Gasteiger partial charge in [-0.25, -0.2) is 9.29 Å². The zero-order chi connectivity index (χ0) is 21.7. The molecule has 0 aromatic carbocycles. The number of pyridine rings is 1. The van der Waals surface area contributed by atoms with E-state index in [-0.39, 0.29) is 5.60 Å². The van der Waals surface area contributed by atoms with Crippen LogP contribution in [0.3, 0.4) is 0 Å². The summed E-state index contributed by atoms with van der Waals surface area (Å²) in [5, 5.41) is 0. The molecule has 0 N–H and O–H groups in total. The summed E-state index contributed by atoms with van der Waals surface area (Å²) in [5.74, 6) is 1.31. The number of hydrogen-bond donors (Lipinski definition) is 0. The molecule has 0 spiro atoms. The molecule has 30 heavy (non-hydrogen) atoms. The van der Waals surface area contributed by atoms with Crippen LogP contribution in [0.4, 0.5) is 13.2 Å². The number of aryl methyl sites for hydroxylation is 1. The van der Waals surface area contributed by atoms with Crippen LogP contribution in [0.15, 0.2) is 17.0 Å². The third-order valence-electron chi connectivity index (χ3n) is 6.87. The van der Waals surface area contributed by atoms with Crippen molar-refractivity contribution in [3.8, 4) is 0 Å². The van der Waals surface area contributed by atoms with E-state index in [1.54, 1.807) is 24.9 Å². The summed E-state index contributed by atoms with van der Waals surface area (Å²) in [4.78, 5) is 7.19. The van der Waals surface area contributed by atoms with Crippen molar-refractivity contribution >= 4 is 11.9 Å². The van der Waals surface area contributed by atoms with E-state index in [1.807, 2.05) is 13.8 Å². The van der Waals surface area contributed by atoms with Gasteiger partial charge in [-0.15, -0.1) is 0 Å². The first-order valence-corrected chi connectivity index (χ1v) is 11.7. The van der Waals surface area contributed by atoms with Crippen LogP contribution in [0.5, 0.6) is 0 Å². The Bertz CT molecular complexity index is 767. The summed E-state index contributed by atoms with van der Waals surface area (Å²) < 4.78 is 46.6. The smallest absolute Gasteiger partial charge is 0.375 e. The second-order valence-corrected chi connectivity index (χ2v) is 10.7. The number of fused-ring (bicyclic) bond motifs is 2. The molecule has 5 fully saturated rings. The van der Waals surface area contributed by atoms with Gasteiger partial charge in [0, 0.05) is 43.0 Å². The van der Waals surface area contributed by atoms with Crippen LogP contribution in [-0.4, -0.2) is 59.1 Å². The lowest BCUT2D eigenvalue weighted by atomic mass is 9.63. The number of alkyl halides is 3. The SMILES string of the molecule is CC.Cc1nc(C(F)(F)F)ccc1SN1CC2CN(CC34COC(C)(C3)C4)CC2C1. The molecular weight excluding hydrogens is 411 g/mol. The van der Waals surface area contributed by atoms with Crippen molar-refractivity contribution in [1.82, 2.24) is 14.2 Å². The fourth-order valence-corrected chi connectivity index (χ4v) is 7.01. The second kappa shape index (κ2) is 7.94. The van der Waals surface area contributed by atoms with E-state index in [4.69, 9.17) is 4.74 Å². The molecule has 0 radical (unpaired) electrons. The average Bonchev–Trinajstić information content (AvgIpc) is 3.36. The highest BCUT2D eigenvalue weighted by Crippen LogP contribution is 2.58. The maximum absolute atomic E-state index is 12.8. The first-order valence-electron chi connectivity index (χ1n) is 11.0. The lowest BCUT2D eigenvalue weighted by molar-refractivity contribution is -0.141. The van der Waals surface area contributed by atoms with E-state index in [0.29, 0.717) is 22.9 Å². The van der Waals surface area contributed by atoms with Crippen LogP contribution in [0, 0.1) is 24.2 Å². The van der Waals surface area contributed by atoms with Gasteiger partial charge in [0.05, 0.1) is 17.9 Å². The normalized spacial score (nSPS) is 35.7. The van der Waals surface area contributed by atoms with Gasteiger partial charge in [0.1, 0.15) is 5.69 Å². The van der Waals surface area contributed by atoms with E-state index in [1.165, 1.54) is 12.8 Å².